The standard InChI is InChI=1S/C11H15NO6/c1-4-12-7(13)5-6(9(12)14)8(10(15)17-2)11(16)18-3/h6,8H,4-5H2,1-3H3/t6-/m1/s1. The molecule has 18 heavy (non-hydrogen) atoms. The van der Waals surface area contributed by atoms with Crippen molar-refractivity contribution in [2.45, 2.75) is 13.3 Å². The molecule has 7 nitrogen and oxygen atoms in total. The first-order chi connectivity index (χ1) is 8.47. The lowest BCUT2D eigenvalue weighted by molar-refractivity contribution is -0.164. The maximum atomic E-state index is 11.9. The summed E-state index contributed by atoms with van der Waals surface area (Å²) in [5.41, 5.74) is 0. The number of hydrogen-bond acceptors (Lipinski definition) is 6. The van der Waals surface area contributed by atoms with Gasteiger partial charge in [0.15, 0.2) is 5.92 Å². The number of amides is 2. The summed E-state index contributed by atoms with van der Waals surface area (Å²) >= 11 is 0. The normalized spacial score (nSPS) is 19.3. The molecule has 0 aromatic heterocycles. The molecule has 0 aliphatic carbocycles. The minimum absolute atomic E-state index is 0.179. The Morgan fingerprint density at radius 1 is 1.28 bits per heavy atom. The Hall–Kier alpha value is -1.92. The summed E-state index contributed by atoms with van der Waals surface area (Å²) in [6.45, 7) is 1.85. The SMILES string of the molecule is CCN1C(=O)C[C@H](C(C(=O)OC)C(=O)OC)C1=O. The fourth-order valence-electron chi connectivity index (χ4n) is 1.98. The van der Waals surface area contributed by atoms with Crippen molar-refractivity contribution in [3.8, 4) is 0 Å². The monoisotopic (exact) mass is 257 g/mol. The zero-order valence-electron chi connectivity index (χ0n) is 10.5. The van der Waals surface area contributed by atoms with E-state index >= 15 is 0 Å². The number of imide groups is 1. The highest BCUT2D eigenvalue weighted by molar-refractivity contribution is 6.09. The average molecular weight is 257 g/mol. The Kier molecular flexibility index (Phi) is 4.41. The lowest BCUT2D eigenvalue weighted by Crippen LogP contribution is -2.38. The summed E-state index contributed by atoms with van der Waals surface area (Å²) in [5, 5.41) is 0. The molecule has 2 amide bonds. The maximum absolute atomic E-state index is 11.9. The lowest BCUT2D eigenvalue weighted by atomic mass is 9.91. The van der Waals surface area contributed by atoms with E-state index in [-0.39, 0.29) is 13.0 Å². The van der Waals surface area contributed by atoms with Crippen LogP contribution in [0.4, 0.5) is 0 Å². The molecule has 0 saturated carbocycles. The Morgan fingerprint density at radius 2 is 1.78 bits per heavy atom. The van der Waals surface area contributed by atoms with Crippen LogP contribution in [0.15, 0.2) is 0 Å². The van der Waals surface area contributed by atoms with Crippen molar-refractivity contribution in [3.63, 3.8) is 0 Å². The molecule has 0 N–H and O–H groups in total. The fourth-order valence-corrected chi connectivity index (χ4v) is 1.98. The van der Waals surface area contributed by atoms with E-state index in [4.69, 9.17) is 0 Å². The van der Waals surface area contributed by atoms with Crippen molar-refractivity contribution < 1.29 is 28.7 Å². The van der Waals surface area contributed by atoms with Crippen LogP contribution in [0.5, 0.6) is 0 Å². The quantitative estimate of drug-likeness (QED) is 0.377. The topological polar surface area (TPSA) is 90.0 Å². The number of nitrogens with zero attached hydrogens (tertiary/aromatic N) is 1. The van der Waals surface area contributed by atoms with Crippen LogP contribution < -0.4 is 0 Å². The van der Waals surface area contributed by atoms with Crippen LogP contribution in [0.1, 0.15) is 13.3 Å². The molecular weight excluding hydrogens is 242 g/mol. The number of carbonyl (C=O) groups excluding carboxylic acids is 4. The second-order valence-corrected chi connectivity index (χ2v) is 3.81. The first kappa shape index (κ1) is 14.1. The Bertz CT molecular complexity index is 375. The number of likely N-dealkylation sites (tertiary alicyclic amines) is 1. The number of ether oxygens (including phenoxy) is 2. The van der Waals surface area contributed by atoms with E-state index in [2.05, 4.69) is 9.47 Å². The van der Waals surface area contributed by atoms with Crippen molar-refractivity contribution in [1.82, 2.24) is 4.90 Å². The number of hydrogen-bond donors (Lipinski definition) is 0. The van der Waals surface area contributed by atoms with E-state index in [1.54, 1.807) is 6.92 Å². The smallest absolute Gasteiger partial charge is 0.320 e. The number of carbonyl (C=O) groups is 4. The van der Waals surface area contributed by atoms with Gasteiger partial charge in [-0.2, -0.15) is 0 Å². The third-order valence-corrected chi connectivity index (χ3v) is 2.91. The van der Waals surface area contributed by atoms with Crippen molar-refractivity contribution in [1.29, 1.82) is 0 Å². The van der Waals surface area contributed by atoms with E-state index in [1.807, 2.05) is 0 Å². The van der Waals surface area contributed by atoms with E-state index in [9.17, 15) is 19.2 Å². The number of methoxy groups -OCH3 is 2. The largest absolute Gasteiger partial charge is 0.468 e. The van der Waals surface area contributed by atoms with Crippen LogP contribution in [0.25, 0.3) is 0 Å². The fraction of sp³-hybridized carbons (Fsp3) is 0.636. The highest BCUT2D eigenvalue weighted by atomic mass is 16.5. The van der Waals surface area contributed by atoms with E-state index < -0.39 is 35.6 Å². The van der Waals surface area contributed by atoms with Crippen LogP contribution in [-0.2, 0) is 28.7 Å². The van der Waals surface area contributed by atoms with E-state index in [1.165, 1.54) is 0 Å². The molecule has 1 aliphatic rings. The molecule has 1 saturated heterocycles. The van der Waals surface area contributed by atoms with Crippen molar-refractivity contribution in [2.24, 2.45) is 11.8 Å². The van der Waals surface area contributed by atoms with Gasteiger partial charge < -0.3 is 9.47 Å². The first-order valence-electron chi connectivity index (χ1n) is 5.47. The van der Waals surface area contributed by atoms with Gasteiger partial charge >= 0.3 is 11.9 Å². The molecule has 1 fully saturated rings. The number of esters is 2. The molecule has 1 atom stereocenters. The summed E-state index contributed by atoms with van der Waals surface area (Å²) in [5.74, 6) is -5.09. The van der Waals surface area contributed by atoms with Gasteiger partial charge in [0.05, 0.1) is 20.1 Å². The Balaban J connectivity index is 3.01. The summed E-state index contributed by atoms with van der Waals surface area (Å²) in [6, 6.07) is 0. The Morgan fingerprint density at radius 3 is 2.11 bits per heavy atom. The van der Waals surface area contributed by atoms with Gasteiger partial charge in [-0.15, -0.1) is 0 Å². The molecule has 1 aliphatic heterocycles. The molecule has 0 bridgehead atoms. The minimum Gasteiger partial charge on any atom is -0.468 e. The predicted octanol–water partition coefficient (Wildman–Crippen LogP) is -0.656. The van der Waals surface area contributed by atoms with Gasteiger partial charge in [0, 0.05) is 13.0 Å². The molecule has 7 heteroatoms. The lowest BCUT2D eigenvalue weighted by Gasteiger charge is -2.17. The average Bonchev–Trinajstić information content (AvgIpc) is 2.64. The molecule has 100 valence electrons. The van der Waals surface area contributed by atoms with Gasteiger partial charge in [0.1, 0.15) is 0 Å². The summed E-state index contributed by atoms with van der Waals surface area (Å²) in [4.78, 5) is 47.6. The molecule has 0 aromatic carbocycles. The summed E-state index contributed by atoms with van der Waals surface area (Å²) in [6.07, 6.45) is -0.179. The second-order valence-electron chi connectivity index (χ2n) is 3.81. The van der Waals surface area contributed by atoms with Crippen LogP contribution in [0, 0.1) is 11.8 Å². The summed E-state index contributed by atoms with van der Waals surface area (Å²) in [7, 11) is 2.22. The number of rotatable bonds is 4. The zero-order valence-corrected chi connectivity index (χ0v) is 10.5. The first-order valence-corrected chi connectivity index (χ1v) is 5.47. The second kappa shape index (κ2) is 5.61. The molecule has 0 radical (unpaired) electrons. The Labute approximate surface area is 104 Å². The van der Waals surface area contributed by atoms with Crippen LogP contribution in [0.2, 0.25) is 0 Å². The third kappa shape index (κ3) is 2.34. The molecule has 1 heterocycles. The van der Waals surface area contributed by atoms with Gasteiger partial charge in [-0.05, 0) is 6.92 Å². The van der Waals surface area contributed by atoms with E-state index in [0.717, 1.165) is 19.1 Å². The van der Waals surface area contributed by atoms with Crippen LogP contribution >= 0.6 is 0 Å². The van der Waals surface area contributed by atoms with Gasteiger partial charge in [-0.3, -0.25) is 24.1 Å². The van der Waals surface area contributed by atoms with Crippen molar-refractivity contribution in [3.05, 3.63) is 0 Å². The van der Waals surface area contributed by atoms with Gasteiger partial charge in [-0.1, -0.05) is 0 Å². The highest BCUT2D eigenvalue weighted by Crippen LogP contribution is 2.28. The summed E-state index contributed by atoms with van der Waals surface area (Å²) < 4.78 is 8.96. The van der Waals surface area contributed by atoms with Gasteiger partial charge in [-0.25, -0.2) is 0 Å². The molecule has 1 rings (SSSR count). The molecular formula is C11H15NO6. The maximum Gasteiger partial charge on any atom is 0.320 e. The van der Waals surface area contributed by atoms with Crippen molar-refractivity contribution >= 4 is 23.8 Å². The molecule has 0 aromatic rings. The predicted molar refractivity (Wildman–Crippen MR) is 58.0 cm³/mol. The molecule has 0 unspecified atom stereocenters. The molecule has 0 spiro atoms. The highest BCUT2D eigenvalue weighted by Gasteiger charge is 2.49. The van der Waals surface area contributed by atoms with Gasteiger partial charge in [0.2, 0.25) is 11.8 Å². The van der Waals surface area contributed by atoms with Crippen LogP contribution in [-0.4, -0.2) is 49.4 Å². The van der Waals surface area contributed by atoms with Gasteiger partial charge in [0.25, 0.3) is 0 Å². The van der Waals surface area contributed by atoms with Crippen LogP contribution in [0.3, 0.4) is 0 Å². The van der Waals surface area contributed by atoms with E-state index in [0.29, 0.717) is 0 Å². The van der Waals surface area contributed by atoms with Crippen molar-refractivity contribution in [2.75, 3.05) is 20.8 Å². The minimum atomic E-state index is -1.38. The zero-order chi connectivity index (χ0) is 13.9. The third-order valence-electron chi connectivity index (χ3n) is 2.91.